The zero-order chi connectivity index (χ0) is 29.2. The Labute approximate surface area is 242 Å². The molecule has 6 rings (SSSR count). The molecule has 3 aromatic carbocycles. The average Bonchev–Trinajstić information content (AvgIpc) is 3.01. The lowest BCUT2D eigenvalue weighted by molar-refractivity contribution is 0.0949. The molecule has 3 heterocycles. The molecule has 2 aliphatic heterocycles. The van der Waals surface area contributed by atoms with Crippen LogP contribution in [0.5, 0.6) is 5.75 Å². The van der Waals surface area contributed by atoms with Crippen molar-refractivity contribution >= 4 is 23.2 Å². The van der Waals surface area contributed by atoms with E-state index >= 15 is 0 Å². The summed E-state index contributed by atoms with van der Waals surface area (Å²) < 4.78 is 20.6. The summed E-state index contributed by atoms with van der Waals surface area (Å²) in [6.45, 7) is 2.35. The van der Waals surface area contributed by atoms with Crippen LogP contribution in [0.25, 0.3) is 0 Å². The van der Waals surface area contributed by atoms with E-state index in [4.69, 9.17) is 4.74 Å². The van der Waals surface area contributed by atoms with Gasteiger partial charge in [0.15, 0.2) is 0 Å². The number of rotatable bonds is 7. The molecule has 2 aliphatic rings. The van der Waals surface area contributed by atoms with Crippen LogP contribution in [0.15, 0.2) is 89.7 Å². The number of pyridine rings is 1. The van der Waals surface area contributed by atoms with Crippen LogP contribution in [0.1, 0.15) is 44.3 Å². The Bertz CT molecular complexity index is 1680. The first-order valence-electron chi connectivity index (χ1n) is 13.9. The number of benzene rings is 3. The number of fused-ring (bicyclic) bond motifs is 4. The van der Waals surface area contributed by atoms with Gasteiger partial charge in [0.1, 0.15) is 11.6 Å². The Kier molecular flexibility index (Phi) is 7.48. The van der Waals surface area contributed by atoms with Crippen LogP contribution >= 0.6 is 0 Å². The van der Waals surface area contributed by atoms with Gasteiger partial charge >= 0.3 is 0 Å². The molecule has 214 valence electrons. The van der Waals surface area contributed by atoms with E-state index in [0.29, 0.717) is 43.0 Å². The molecule has 2 N–H and O–H groups in total. The van der Waals surface area contributed by atoms with E-state index in [1.165, 1.54) is 24.3 Å². The third-order valence-electron chi connectivity index (χ3n) is 8.05. The number of halogens is 1. The molecule has 2 bridgehead atoms. The number of aromatic nitrogens is 1. The standard InChI is InChI=1S/C33H31FN4O4/c1-42-27-12-5-21(6-13-27)17-35-32(40)24-9-14-30(28(16-24)36-33(41)23-7-10-26(34)11-8-23)37-18-22-15-25(20-37)29-3-2-4-31(39)38(29)19-22/h2-14,16,22,25H,15,17-20H2,1H3,(H,35,40)(H,36,41)/t22-,25+/m1/s1. The Morgan fingerprint density at radius 3 is 2.43 bits per heavy atom. The SMILES string of the molecule is COc1ccc(CNC(=O)c2ccc(N3C[C@H]4C[C@@H](C3)c3cccc(=O)n3C4)c(NC(=O)c3ccc(F)cc3)c2)cc1. The number of hydrogen-bond acceptors (Lipinski definition) is 5. The number of hydrogen-bond donors (Lipinski definition) is 2. The van der Waals surface area contributed by atoms with Gasteiger partial charge in [-0.25, -0.2) is 4.39 Å². The van der Waals surface area contributed by atoms with E-state index < -0.39 is 11.7 Å². The van der Waals surface area contributed by atoms with Crippen molar-refractivity contribution in [1.82, 2.24) is 9.88 Å². The molecule has 0 spiro atoms. The molecule has 0 aliphatic carbocycles. The number of amides is 2. The number of carbonyl (C=O) groups excluding carboxylic acids is 2. The number of nitrogens with zero attached hydrogens (tertiary/aromatic N) is 2. The van der Waals surface area contributed by atoms with Crippen molar-refractivity contribution in [1.29, 1.82) is 0 Å². The summed E-state index contributed by atoms with van der Waals surface area (Å²) in [5.41, 5.74) is 3.95. The van der Waals surface area contributed by atoms with Gasteiger partial charge in [-0.2, -0.15) is 0 Å². The van der Waals surface area contributed by atoms with Crippen LogP contribution in [0.2, 0.25) is 0 Å². The van der Waals surface area contributed by atoms with Crippen molar-refractivity contribution in [2.24, 2.45) is 5.92 Å². The van der Waals surface area contributed by atoms with Gasteiger partial charge < -0.3 is 24.8 Å². The lowest BCUT2D eigenvalue weighted by atomic mass is 9.83. The topological polar surface area (TPSA) is 92.7 Å². The minimum Gasteiger partial charge on any atom is -0.497 e. The van der Waals surface area contributed by atoms with Crippen LogP contribution in [-0.2, 0) is 13.1 Å². The Morgan fingerprint density at radius 2 is 1.67 bits per heavy atom. The molecule has 0 unspecified atom stereocenters. The minimum atomic E-state index is -0.429. The quantitative estimate of drug-likeness (QED) is 0.335. The Morgan fingerprint density at radius 1 is 0.905 bits per heavy atom. The number of methoxy groups -OCH3 is 1. The van der Waals surface area contributed by atoms with Gasteiger partial charge in [-0.3, -0.25) is 14.4 Å². The van der Waals surface area contributed by atoms with E-state index in [1.54, 1.807) is 31.4 Å². The van der Waals surface area contributed by atoms with Crippen LogP contribution in [0, 0.1) is 11.7 Å². The number of ether oxygens (including phenoxy) is 1. The summed E-state index contributed by atoms with van der Waals surface area (Å²) in [5.74, 6) is 0.0604. The van der Waals surface area contributed by atoms with E-state index in [1.807, 2.05) is 41.0 Å². The zero-order valence-electron chi connectivity index (χ0n) is 23.2. The van der Waals surface area contributed by atoms with Gasteiger partial charge in [-0.15, -0.1) is 0 Å². The van der Waals surface area contributed by atoms with Crippen LogP contribution < -0.4 is 25.8 Å². The smallest absolute Gasteiger partial charge is 0.255 e. The first-order chi connectivity index (χ1) is 20.4. The van der Waals surface area contributed by atoms with Crippen LogP contribution in [0.4, 0.5) is 15.8 Å². The predicted molar refractivity (Wildman–Crippen MR) is 159 cm³/mol. The van der Waals surface area contributed by atoms with Crippen molar-refractivity contribution in [3.05, 3.63) is 123 Å². The van der Waals surface area contributed by atoms with Crippen molar-refractivity contribution in [3.8, 4) is 5.75 Å². The lowest BCUT2D eigenvalue weighted by Gasteiger charge is -2.44. The molecule has 8 nitrogen and oxygen atoms in total. The second-order valence-electron chi connectivity index (χ2n) is 10.8. The molecule has 0 radical (unpaired) electrons. The molecular weight excluding hydrogens is 535 g/mol. The molecule has 4 aromatic rings. The van der Waals surface area contributed by atoms with Gasteiger partial charge in [-0.1, -0.05) is 18.2 Å². The molecule has 2 amide bonds. The third kappa shape index (κ3) is 5.63. The van der Waals surface area contributed by atoms with Crippen LogP contribution in [0.3, 0.4) is 0 Å². The molecule has 9 heteroatoms. The van der Waals surface area contributed by atoms with E-state index in [2.05, 4.69) is 15.5 Å². The van der Waals surface area contributed by atoms with Gasteiger partial charge in [0.25, 0.3) is 17.4 Å². The normalized spacial score (nSPS) is 17.2. The maximum Gasteiger partial charge on any atom is 0.255 e. The summed E-state index contributed by atoms with van der Waals surface area (Å²) in [6.07, 6.45) is 0.989. The van der Waals surface area contributed by atoms with Crippen molar-refractivity contribution in [2.75, 3.05) is 30.4 Å². The molecule has 2 atom stereocenters. The van der Waals surface area contributed by atoms with Crippen LogP contribution in [-0.4, -0.2) is 36.6 Å². The molecular formula is C33H31FN4O4. The zero-order valence-corrected chi connectivity index (χ0v) is 23.2. The van der Waals surface area contributed by atoms with E-state index in [-0.39, 0.29) is 23.3 Å². The first-order valence-corrected chi connectivity index (χ1v) is 13.9. The molecule has 1 aromatic heterocycles. The highest BCUT2D eigenvalue weighted by Crippen LogP contribution is 2.39. The average molecular weight is 567 g/mol. The number of nitrogens with one attached hydrogen (secondary N) is 2. The van der Waals surface area contributed by atoms with E-state index in [0.717, 1.165) is 29.1 Å². The summed E-state index contributed by atoms with van der Waals surface area (Å²) in [4.78, 5) is 41.1. The summed E-state index contributed by atoms with van der Waals surface area (Å²) >= 11 is 0. The van der Waals surface area contributed by atoms with Crippen molar-refractivity contribution in [2.45, 2.75) is 25.4 Å². The fraction of sp³-hybridized carbons (Fsp3) is 0.242. The summed E-state index contributed by atoms with van der Waals surface area (Å²) in [7, 11) is 1.60. The fourth-order valence-electron chi connectivity index (χ4n) is 5.97. The largest absolute Gasteiger partial charge is 0.497 e. The molecule has 1 fully saturated rings. The first kappa shape index (κ1) is 27.3. The number of piperidine rings is 1. The summed E-state index contributed by atoms with van der Waals surface area (Å²) in [6, 6.07) is 23.5. The molecule has 1 saturated heterocycles. The second kappa shape index (κ2) is 11.5. The molecule has 0 saturated carbocycles. The highest BCUT2D eigenvalue weighted by Gasteiger charge is 2.35. The summed E-state index contributed by atoms with van der Waals surface area (Å²) in [5, 5.41) is 5.91. The van der Waals surface area contributed by atoms with Crippen molar-refractivity contribution in [3.63, 3.8) is 0 Å². The highest BCUT2D eigenvalue weighted by atomic mass is 19.1. The second-order valence-corrected chi connectivity index (χ2v) is 10.8. The lowest BCUT2D eigenvalue weighted by Crippen LogP contribution is -2.47. The Hall–Kier alpha value is -4.92. The predicted octanol–water partition coefficient (Wildman–Crippen LogP) is 4.80. The van der Waals surface area contributed by atoms with Gasteiger partial charge in [0.05, 0.1) is 18.5 Å². The minimum absolute atomic E-state index is 0.0212. The van der Waals surface area contributed by atoms with Gasteiger partial charge in [0, 0.05) is 55.0 Å². The third-order valence-corrected chi connectivity index (χ3v) is 8.05. The highest BCUT2D eigenvalue weighted by molar-refractivity contribution is 6.07. The Balaban J connectivity index is 1.27. The van der Waals surface area contributed by atoms with Crippen molar-refractivity contribution < 1.29 is 18.7 Å². The maximum absolute atomic E-state index is 13.5. The number of carbonyl (C=O) groups is 2. The fourth-order valence-corrected chi connectivity index (χ4v) is 5.97. The van der Waals surface area contributed by atoms with Gasteiger partial charge in [0.2, 0.25) is 0 Å². The number of anilines is 2. The van der Waals surface area contributed by atoms with E-state index in [9.17, 15) is 18.8 Å². The maximum atomic E-state index is 13.5. The van der Waals surface area contributed by atoms with Gasteiger partial charge in [-0.05, 0) is 78.6 Å². The molecule has 42 heavy (non-hydrogen) atoms. The monoisotopic (exact) mass is 566 g/mol.